The number of nitriles is 1. The average Bonchev–Trinajstić information content (AvgIpc) is 2.81. The van der Waals surface area contributed by atoms with Crippen LogP contribution in [0.2, 0.25) is 5.02 Å². The van der Waals surface area contributed by atoms with Crippen LogP contribution in [0, 0.1) is 11.3 Å². The van der Waals surface area contributed by atoms with Crippen molar-refractivity contribution in [3.8, 4) is 17.2 Å². The largest absolute Gasteiger partial charge is 0.345 e. The fourth-order valence-corrected chi connectivity index (χ4v) is 2.23. The molecule has 1 N–H and O–H groups in total. The summed E-state index contributed by atoms with van der Waals surface area (Å²) in [6.07, 6.45) is 3.39. The van der Waals surface area contributed by atoms with E-state index >= 15 is 0 Å². The molecule has 0 saturated heterocycles. The molecule has 18 heavy (non-hydrogen) atoms. The number of aromatic amines is 1. The van der Waals surface area contributed by atoms with E-state index in [0.29, 0.717) is 16.2 Å². The predicted octanol–water partition coefficient (Wildman–Crippen LogP) is 3.75. The van der Waals surface area contributed by atoms with E-state index in [4.69, 9.17) is 16.9 Å². The third-order valence-electron chi connectivity index (χ3n) is 2.83. The van der Waals surface area contributed by atoms with Crippen molar-refractivity contribution in [2.45, 2.75) is 0 Å². The van der Waals surface area contributed by atoms with Gasteiger partial charge in [0.05, 0.1) is 5.56 Å². The van der Waals surface area contributed by atoms with Crippen LogP contribution in [0.15, 0.2) is 42.7 Å². The second kappa shape index (κ2) is 4.17. The molecule has 2 aromatic heterocycles. The molecular formula is C14H8ClN3. The van der Waals surface area contributed by atoms with Crippen molar-refractivity contribution in [3.05, 3.63) is 53.3 Å². The maximum atomic E-state index is 9.13. The van der Waals surface area contributed by atoms with Crippen LogP contribution >= 0.6 is 11.6 Å². The summed E-state index contributed by atoms with van der Waals surface area (Å²) in [5, 5.41) is 10.6. The molecule has 0 saturated carbocycles. The highest BCUT2D eigenvalue weighted by atomic mass is 35.5. The number of fused-ring (bicyclic) bond motifs is 1. The standard InChI is InChI=1S/C14H8ClN3/c15-11-3-1-2-9(6-11)12-4-5-17-14-13(12)10(7-16)8-18-14/h1-6,8H,(H,17,18). The van der Waals surface area contributed by atoms with Gasteiger partial charge in [0, 0.05) is 22.8 Å². The van der Waals surface area contributed by atoms with Gasteiger partial charge in [0.15, 0.2) is 0 Å². The van der Waals surface area contributed by atoms with Gasteiger partial charge in [-0.1, -0.05) is 23.7 Å². The molecule has 3 rings (SSSR count). The van der Waals surface area contributed by atoms with E-state index in [9.17, 15) is 0 Å². The molecule has 3 nitrogen and oxygen atoms in total. The van der Waals surface area contributed by atoms with Crippen molar-refractivity contribution in [1.82, 2.24) is 9.97 Å². The second-order valence-corrected chi connectivity index (χ2v) is 4.34. The first-order valence-electron chi connectivity index (χ1n) is 5.42. The molecule has 3 aromatic rings. The molecule has 0 aliphatic heterocycles. The van der Waals surface area contributed by atoms with E-state index in [0.717, 1.165) is 16.5 Å². The number of hydrogen-bond donors (Lipinski definition) is 1. The monoisotopic (exact) mass is 253 g/mol. The van der Waals surface area contributed by atoms with Crippen LogP contribution < -0.4 is 0 Å². The lowest BCUT2D eigenvalue weighted by Crippen LogP contribution is -1.83. The lowest BCUT2D eigenvalue weighted by Gasteiger charge is -2.04. The van der Waals surface area contributed by atoms with E-state index in [2.05, 4.69) is 16.0 Å². The van der Waals surface area contributed by atoms with E-state index in [-0.39, 0.29) is 0 Å². The number of pyridine rings is 1. The van der Waals surface area contributed by atoms with Gasteiger partial charge in [0.25, 0.3) is 0 Å². The minimum absolute atomic E-state index is 0.591. The fourth-order valence-electron chi connectivity index (χ4n) is 2.04. The molecule has 1 aromatic carbocycles. The van der Waals surface area contributed by atoms with Crippen LogP contribution in [0.25, 0.3) is 22.2 Å². The van der Waals surface area contributed by atoms with Crippen molar-refractivity contribution < 1.29 is 0 Å². The number of H-pyrrole nitrogens is 1. The second-order valence-electron chi connectivity index (χ2n) is 3.91. The Hall–Kier alpha value is -2.31. The Morgan fingerprint density at radius 1 is 1.28 bits per heavy atom. The normalized spacial score (nSPS) is 10.4. The molecule has 0 amide bonds. The van der Waals surface area contributed by atoms with E-state index in [1.54, 1.807) is 12.4 Å². The highest BCUT2D eigenvalue weighted by Crippen LogP contribution is 2.30. The van der Waals surface area contributed by atoms with Gasteiger partial charge in [-0.15, -0.1) is 0 Å². The van der Waals surface area contributed by atoms with Crippen LogP contribution in [-0.4, -0.2) is 9.97 Å². The zero-order valence-electron chi connectivity index (χ0n) is 9.31. The van der Waals surface area contributed by atoms with E-state index in [1.807, 2.05) is 30.3 Å². The summed E-state index contributed by atoms with van der Waals surface area (Å²) in [4.78, 5) is 7.22. The summed E-state index contributed by atoms with van der Waals surface area (Å²) in [5.41, 5.74) is 3.24. The van der Waals surface area contributed by atoms with Gasteiger partial charge in [-0.25, -0.2) is 4.98 Å². The van der Waals surface area contributed by atoms with Crippen LogP contribution in [-0.2, 0) is 0 Å². The number of halogens is 1. The van der Waals surface area contributed by atoms with Gasteiger partial charge in [-0.3, -0.25) is 0 Å². The maximum absolute atomic E-state index is 9.13. The minimum Gasteiger partial charge on any atom is -0.345 e. The number of aromatic nitrogens is 2. The van der Waals surface area contributed by atoms with Crippen molar-refractivity contribution in [1.29, 1.82) is 5.26 Å². The Bertz CT molecular complexity index is 768. The lowest BCUT2D eigenvalue weighted by molar-refractivity contribution is 1.32. The molecule has 0 spiro atoms. The quantitative estimate of drug-likeness (QED) is 0.718. The molecule has 86 valence electrons. The lowest BCUT2D eigenvalue weighted by atomic mass is 10.0. The highest BCUT2D eigenvalue weighted by molar-refractivity contribution is 6.30. The molecule has 0 atom stereocenters. The zero-order chi connectivity index (χ0) is 12.5. The topological polar surface area (TPSA) is 52.5 Å². The summed E-state index contributed by atoms with van der Waals surface area (Å²) in [6, 6.07) is 11.6. The molecule has 0 fully saturated rings. The first-order chi connectivity index (χ1) is 8.79. The van der Waals surface area contributed by atoms with Crippen molar-refractivity contribution in [2.75, 3.05) is 0 Å². The molecule has 4 heteroatoms. The number of nitrogens with one attached hydrogen (secondary N) is 1. The van der Waals surface area contributed by atoms with E-state index in [1.165, 1.54) is 0 Å². The summed E-state index contributed by atoms with van der Waals surface area (Å²) in [6.45, 7) is 0. The number of benzene rings is 1. The SMILES string of the molecule is N#Cc1c[nH]c2nccc(-c3cccc(Cl)c3)c12. The van der Waals surface area contributed by atoms with Gasteiger partial charge in [0.1, 0.15) is 11.7 Å². The molecular weight excluding hydrogens is 246 g/mol. The minimum atomic E-state index is 0.591. The average molecular weight is 254 g/mol. The number of rotatable bonds is 1. The van der Waals surface area contributed by atoms with Crippen molar-refractivity contribution in [3.63, 3.8) is 0 Å². The molecule has 0 radical (unpaired) electrons. The van der Waals surface area contributed by atoms with Crippen LogP contribution in [0.1, 0.15) is 5.56 Å². The Balaban J connectivity index is 2.36. The third kappa shape index (κ3) is 1.64. The maximum Gasteiger partial charge on any atom is 0.139 e. The van der Waals surface area contributed by atoms with Crippen LogP contribution in [0.4, 0.5) is 0 Å². The first kappa shape index (κ1) is 10.8. The third-order valence-corrected chi connectivity index (χ3v) is 3.06. The zero-order valence-corrected chi connectivity index (χ0v) is 10.1. The molecule has 0 aliphatic rings. The molecule has 0 aliphatic carbocycles. The molecule has 2 heterocycles. The van der Waals surface area contributed by atoms with Gasteiger partial charge in [-0.2, -0.15) is 5.26 Å². The summed E-state index contributed by atoms with van der Waals surface area (Å²) in [7, 11) is 0. The van der Waals surface area contributed by atoms with Gasteiger partial charge >= 0.3 is 0 Å². The number of hydrogen-bond acceptors (Lipinski definition) is 2. The van der Waals surface area contributed by atoms with Crippen molar-refractivity contribution in [2.24, 2.45) is 0 Å². The van der Waals surface area contributed by atoms with Crippen LogP contribution in [0.3, 0.4) is 0 Å². The molecule has 0 bridgehead atoms. The first-order valence-corrected chi connectivity index (χ1v) is 5.79. The Morgan fingerprint density at radius 3 is 2.94 bits per heavy atom. The fraction of sp³-hybridized carbons (Fsp3) is 0. The van der Waals surface area contributed by atoms with Gasteiger partial charge in [0.2, 0.25) is 0 Å². The predicted molar refractivity (Wildman–Crippen MR) is 71.3 cm³/mol. The van der Waals surface area contributed by atoms with Crippen LogP contribution in [0.5, 0.6) is 0 Å². The number of nitrogens with zero attached hydrogens (tertiary/aromatic N) is 2. The Kier molecular flexibility index (Phi) is 2.51. The van der Waals surface area contributed by atoms with Gasteiger partial charge < -0.3 is 4.98 Å². The smallest absolute Gasteiger partial charge is 0.139 e. The van der Waals surface area contributed by atoms with Gasteiger partial charge in [-0.05, 0) is 29.3 Å². The van der Waals surface area contributed by atoms with Crippen molar-refractivity contribution >= 4 is 22.6 Å². The Morgan fingerprint density at radius 2 is 2.17 bits per heavy atom. The molecule has 0 unspecified atom stereocenters. The van der Waals surface area contributed by atoms with E-state index < -0.39 is 0 Å². The summed E-state index contributed by atoms with van der Waals surface area (Å²) >= 11 is 6.01. The summed E-state index contributed by atoms with van der Waals surface area (Å²) in [5.74, 6) is 0. The Labute approximate surface area is 109 Å². The highest BCUT2D eigenvalue weighted by Gasteiger charge is 2.10. The summed E-state index contributed by atoms with van der Waals surface area (Å²) < 4.78 is 0.